The van der Waals surface area contributed by atoms with Crippen molar-refractivity contribution in [2.45, 2.75) is 38.8 Å². The predicted octanol–water partition coefficient (Wildman–Crippen LogP) is 4.76. The van der Waals surface area contributed by atoms with Crippen molar-refractivity contribution >= 4 is 17.5 Å². The van der Waals surface area contributed by atoms with Crippen LogP contribution in [0, 0.1) is 0 Å². The third-order valence-electron chi connectivity index (χ3n) is 3.66. The lowest BCUT2D eigenvalue weighted by atomic mass is 10.0. The van der Waals surface area contributed by atoms with E-state index in [1.165, 1.54) is 0 Å². The van der Waals surface area contributed by atoms with Gasteiger partial charge < -0.3 is 10.1 Å². The number of ether oxygens (including phenoxy) is 1. The molecule has 2 aromatic carbocycles. The first-order valence-electron chi connectivity index (χ1n) is 7.91. The Morgan fingerprint density at radius 3 is 2.43 bits per heavy atom. The summed E-state index contributed by atoms with van der Waals surface area (Å²) >= 11 is 5.96. The number of amides is 1. The molecule has 0 radical (unpaired) electrons. The predicted molar refractivity (Wildman–Crippen MR) is 93.8 cm³/mol. The molecule has 0 spiro atoms. The minimum absolute atomic E-state index is 0.0132. The third-order valence-corrected chi connectivity index (χ3v) is 3.90. The molecule has 0 fully saturated rings. The number of rotatable bonds is 7. The number of nitrogens with one attached hydrogen (secondary N) is 1. The van der Waals surface area contributed by atoms with Crippen LogP contribution >= 0.6 is 11.6 Å². The van der Waals surface area contributed by atoms with E-state index in [0.717, 1.165) is 12.0 Å². The Balaban J connectivity index is 2.04. The molecule has 23 heavy (non-hydrogen) atoms. The highest BCUT2D eigenvalue weighted by Gasteiger charge is 2.21. The lowest BCUT2D eigenvalue weighted by Crippen LogP contribution is -2.39. The molecule has 0 saturated heterocycles. The van der Waals surface area contributed by atoms with Crippen LogP contribution in [0.4, 0.5) is 0 Å². The van der Waals surface area contributed by atoms with E-state index < -0.39 is 6.10 Å². The van der Waals surface area contributed by atoms with E-state index in [0.29, 0.717) is 17.2 Å². The molecule has 3 nitrogen and oxygen atoms in total. The van der Waals surface area contributed by atoms with Gasteiger partial charge in [-0.25, -0.2) is 0 Å². The highest BCUT2D eigenvalue weighted by Crippen LogP contribution is 2.20. The van der Waals surface area contributed by atoms with E-state index in [-0.39, 0.29) is 11.9 Å². The summed E-state index contributed by atoms with van der Waals surface area (Å²) in [7, 11) is 0. The van der Waals surface area contributed by atoms with Gasteiger partial charge in [0.05, 0.1) is 6.04 Å². The van der Waals surface area contributed by atoms with Gasteiger partial charge in [-0.3, -0.25) is 4.79 Å². The molecule has 0 bridgehead atoms. The van der Waals surface area contributed by atoms with Crippen LogP contribution in [0.15, 0.2) is 54.6 Å². The number of benzene rings is 2. The van der Waals surface area contributed by atoms with Crippen molar-refractivity contribution in [1.29, 1.82) is 0 Å². The van der Waals surface area contributed by atoms with Crippen molar-refractivity contribution in [2.75, 3.05) is 0 Å². The Bertz CT molecular complexity index is 630. The fourth-order valence-electron chi connectivity index (χ4n) is 2.40. The fourth-order valence-corrected chi connectivity index (χ4v) is 2.58. The Morgan fingerprint density at radius 1 is 1.09 bits per heavy atom. The van der Waals surface area contributed by atoms with Crippen LogP contribution in [0.2, 0.25) is 5.02 Å². The monoisotopic (exact) mass is 331 g/mol. The molecule has 0 aromatic heterocycles. The summed E-state index contributed by atoms with van der Waals surface area (Å²) in [6.45, 7) is 3.98. The summed E-state index contributed by atoms with van der Waals surface area (Å²) in [6, 6.07) is 17.0. The van der Waals surface area contributed by atoms with Gasteiger partial charge >= 0.3 is 0 Å². The van der Waals surface area contributed by atoms with E-state index in [1.807, 2.05) is 37.3 Å². The maximum Gasteiger partial charge on any atom is 0.261 e. The molecule has 1 amide bonds. The molecule has 2 aromatic rings. The topological polar surface area (TPSA) is 38.3 Å². The van der Waals surface area contributed by atoms with Crippen LogP contribution in [-0.4, -0.2) is 12.0 Å². The number of halogens is 1. The summed E-state index contributed by atoms with van der Waals surface area (Å²) < 4.78 is 5.79. The van der Waals surface area contributed by atoms with Gasteiger partial charge in [0, 0.05) is 5.02 Å². The third kappa shape index (κ3) is 5.00. The smallest absolute Gasteiger partial charge is 0.261 e. The summed E-state index contributed by atoms with van der Waals surface area (Å²) in [6.07, 6.45) is 0.874. The van der Waals surface area contributed by atoms with Crippen LogP contribution in [-0.2, 0) is 4.79 Å². The largest absolute Gasteiger partial charge is 0.481 e. The van der Waals surface area contributed by atoms with Gasteiger partial charge in [0.15, 0.2) is 6.10 Å². The van der Waals surface area contributed by atoms with Crippen LogP contribution in [0.25, 0.3) is 0 Å². The van der Waals surface area contributed by atoms with Crippen molar-refractivity contribution in [3.05, 3.63) is 65.2 Å². The molecule has 4 heteroatoms. The molecular weight excluding hydrogens is 310 g/mol. The fraction of sp³-hybridized carbons (Fsp3) is 0.316. The van der Waals surface area contributed by atoms with Crippen LogP contribution < -0.4 is 10.1 Å². The second-order valence-corrected chi connectivity index (χ2v) is 5.79. The van der Waals surface area contributed by atoms with Gasteiger partial charge in [-0.1, -0.05) is 61.8 Å². The maximum absolute atomic E-state index is 12.5. The van der Waals surface area contributed by atoms with E-state index in [2.05, 4.69) is 12.2 Å². The first kappa shape index (κ1) is 17.4. The molecule has 0 heterocycles. The average Bonchev–Trinajstić information content (AvgIpc) is 2.58. The molecule has 2 rings (SSSR count). The molecule has 0 unspecified atom stereocenters. The summed E-state index contributed by atoms with van der Waals surface area (Å²) in [4.78, 5) is 12.5. The Kier molecular flexibility index (Phi) is 6.48. The van der Waals surface area contributed by atoms with Crippen molar-refractivity contribution in [2.24, 2.45) is 0 Å². The molecular formula is C19H22ClNO2. The second-order valence-electron chi connectivity index (χ2n) is 5.35. The van der Waals surface area contributed by atoms with E-state index in [9.17, 15) is 4.79 Å². The van der Waals surface area contributed by atoms with Crippen molar-refractivity contribution in [1.82, 2.24) is 5.32 Å². The lowest BCUT2D eigenvalue weighted by molar-refractivity contribution is -0.128. The highest BCUT2D eigenvalue weighted by atomic mass is 35.5. The standard InChI is InChI=1S/C19H22ClNO2/c1-3-17(14-9-6-5-7-10-14)21-19(22)18(4-2)23-16-12-8-11-15(20)13-16/h5-13,17-18H,3-4H2,1-2H3,(H,21,22)/t17-,18-/m0/s1. The summed E-state index contributed by atoms with van der Waals surface area (Å²) in [5.41, 5.74) is 1.10. The molecule has 0 aliphatic heterocycles. The van der Waals surface area contributed by atoms with Gasteiger partial charge in [-0.15, -0.1) is 0 Å². The van der Waals surface area contributed by atoms with Gasteiger partial charge in [-0.2, -0.15) is 0 Å². The first-order chi connectivity index (χ1) is 11.1. The molecule has 122 valence electrons. The van der Waals surface area contributed by atoms with Crippen molar-refractivity contribution in [3.8, 4) is 5.75 Å². The molecule has 0 aliphatic carbocycles. The minimum atomic E-state index is -0.536. The molecule has 1 N–H and O–H groups in total. The quantitative estimate of drug-likeness (QED) is 0.794. The van der Waals surface area contributed by atoms with Crippen molar-refractivity contribution in [3.63, 3.8) is 0 Å². The van der Waals surface area contributed by atoms with Gasteiger partial charge in [0.1, 0.15) is 5.75 Å². The van der Waals surface area contributed by atoms with Gasteiger partial charge in [-0.05, 0) is 36.6 Å². The Labute approximate surface area is 142 Å². The van der Waals surface area contributed by atoms with Crippen LogP contribution in [0.1, 0.15) is 38.3 Å². The van der Waals surface area contributed by atoms with Gasteiger partial charge in [0.25, 0.3) is 5.91 Å². The molecule has 2 atom stereocenters. The number of hydrogen-bond acceptors (Lipinski definition) is 2. The maximum atomic E-state index is 12.5. The molecule has 0 saturated carbocycles. The SMILES string of the molecule is CC[C@H](Oc1cccc(Cl)c1)C(=O)N[C@@H](CC)c1ccccc1. The summed E-state index contributed by atoms with van der Waals surface area (Å²) in [5.74, 6) is 0.496. The summed E-state index contributed by atoms with van der Waals surface area (Å²) in [5, 5.41) is 3.66. The normalized spacial score (nSPS) is 13.2. The van der Waals surface area contributed by atoms with Crippen LogP contribution in [0.5, 0.6) is 5.75 Å². The zero-order chi connectivity index (χ0) is 16.7. The minimum Gasteiger partial charge on any atom is -0.481 e. The Morgan fingerprint density at radius 2 is 1.83 bits per heavy atom. The number of carbonyl (C=O) groups is 1. The highest BCUT2D eigenvalue weighted by molar-refractivity contribution is 6.30. The first-order valence-corrected chi connectivity index (χ1v) is 8.29. The van der Waals surface area contributed by atoms with Gasteiger partial charge in [0.2, 0.25) is 0 Å². The lowest BCUT2D eigenvalue weighted by Gasteiger charge is -2.22. The number of hydrogen-bond donors (Lipinski definition) is 1. The van der Waals surface area contributed by atoms with Crippen molar-refractivity contribution < 1.29 is 9.53 Å². The van der Waals surface area contributed by atoms with E-state index in [1.54, 1.807) is 24.3 Å². The number of carbonyl (C=O) groups excluding carboxylic acids is 1. The van der Waals surface area contributed by atoms with E-state index >= 15 is 0 Å². The molecule has 0 aliphatic rings. The van der Waals surface area contributed by atoms with Crippen LogP contribution in [0.3, 0.4) is 0 Å². The van der Waals surface area contributed by atoms with E-state index in [4.69, 9.17) is 16.3 Å². The average molecular weight is 332 g/mol. The zero-order valence-corrected chi connectivity index (χ0v) is 14.2. The Hall–Kier alpha value is -2.00. The zero-order valence-electron chi connectivity index (χ0n) is 13.5. The second kappa shape index (κ2) is 8.59.